The van der Waals surface area contributed by atoms with Crippen LogP contribution in [0.2, 0.25) is 5.02 Å². The molecule has 0 unspecified atom stereocenters. The van der Waals surface area contributed by atoms with Gasteiger partial charge in [-0.15, -0.1) is 0 Å². The van der Waals surface area contributed by atoms with E-state index in [2.05, 4.69) is 0 Å². The summed E-state index contributed by atoms with van der Waals surface area (Å²) in [5, 5.41) is 0.631. The van der Waals surface area contributed by atoms with Gasteiger partial charge < -0.3 is 9.80 Å². The molecular formula is C19H18ClF3N2O. The number of piperazine rings is 1. The molecule has 0 bridgehead atoms. The lowest BCUT2D eigenvalue weighted by Gasteiger charge is -2.36. The van der Waals surface area contributed by atoms with Crippen molar-refractivity contribution in [2.75, 3.05) is 31.1 Å². The van der Waals surface area contributed by atoms with Crippen LogP contribution in [0.15, 0.2) is 48.5 Å². The smallest absolute Gasteiger partial charge is 0.368 e. The normalized spacial score (nSPS) is 15.2. The van der Waals surface area contributed by atoms with Gasteiger partial charge in [0.05, 0.1) is 12.0 Å². The molecule has 0 aliphatic carbocycles. The van der Waals surface area contributed by atoms with Crippen molar-refractivity contribution in [3.63, 3.8) is 0 Å². The van der Waals surface area contributed by atoms with Crippen LogP contribution in [-0.2, 0) is 17.4 Å². The van der Waals surface area contributed by atoms with Gasteiger partial charge in [0.2, 0.25) is 5.91 Å². The van der Waals surface area contributed by atoms with E-state index in [0.717, 1.165) is 23.4 Å². The SMILES string of the molecule is O=C(Cc1ccc(Cl)cc1)N1CCN(c2ccc(C(F)(F)F)cc2)CC1. The Morgan fingerprint density at radius 1 is 0.923 bits per heavy atom. The third-order valence-electron chi connectivity index (χ3n) is 4.46. The van der Waals surface area contributed by atoms with Crippen LogP contribution in [0, 0.1) is 0 Å². The molecule has 138 valence electrons. The summed E-state index contributed by atoms with van der Waals surface area (Å²) in [6.45, 7) is 2.29. The Bertz CT molecular complexity index is 752. The van der Waals surface area contributed by atoms with Gasteiger partial charge >= 0.3 is 6.18 Å². The Labute approximate surface area is 155 Å². The van der Waals surface area contributed by atoms with Gasteiger partial charge in [-0.25, -0.2) is 0 Å². The molecule has 1 aliphatic rings. The highest BCUT2D eigenvalue weighted by atomic mass is 35.5. The first-order valence-electron chi connectivity index (χ1n) is 8.27. The molecule has 0 atom stereocenters. The number of alkyl halides is 3. The predicted molar refractivity (Wildman–Crippen MR) is 95.4 cm³/mol. The second-order valence-corrected chi connectivity index (χ2v) is 6.65. The Kier molecular flexibility index (Phi) is 5.41. The van der Waals surface area contributed by atoms with E-state index < -0.39 is 11.7 Å². The molecule has 26 heavy (non-hydrogen) atoms. The molecule has 3 rings (SSSR count). The van der Waals surface area contributed by atoms with E-state index in [4.69, 9.17) is 11.6 Å². The summed E-state index contributed by atoms with van der Waals surface area (Å²) < 4.78 is 37.9. The van der Waals surface area contributed by atoms with Crippen LogP contribution < -0.4 is 4.90 Å². The molecule has 1 amide bonds. The first-order valence-corrected chi connectivity index (χ1v) is 8.65. The summed E-state index contributed by atoms with van der Waals surface area (Å²) in [4.78, 5) is 16.2. The summed E-state index contributed by atoms with van der Waals surface area (Å²) in [5.74, 6) is 0.0411. The zero-order valence-corrected chi connectivity index (χ0v) is 14.7. The highest BCUT2D eigenvalue weighted by Gasteiger charge is 2.30. The van der Waals surface area contributed by atoms with Crippen LogP contribution in [-0.4, -0.2) is 37.0 Å². The van der Waals surface area contributed by atoms with E-state index in [1.165, 1.54) is 12.1 Å². The maximum absolute atomic E-state index is 12.6. The van der Waals surface area contributed by atoms with Crippen molar-refractivity contribution in [3.05, 3.63) is 64.7 Å². The molecule has 1 fully saturated rings. The summed E-state index contributed by atoms with van der Waals surface area (Å²) in [5.41, 5.74) is 0.991. The first-order chi connectivity index (χ1) is 12.3. The van der Waals surface area contributed by atoms with Crippen LogP contribution in [0.3, 0.4) is 0 Å². The quantitative estimate of drug-likeness (QED) is 0.792. The second kappa shape index (κ2) is 7.58. The topological polar surface area (TPSA) is 23.6 Å². The number of carbonyl (C=O) groups is 1. The van der Waals surface area contributed by atoms with Gasteiger partial charge in [-0.3, -0.25) is 4.79 Å². The molecule has 1 saturated heterocycles. The number of hydrogen-bond acceptors (Lipinski definition) is 2. The zero-order valence-electron chi connectivity index (χ0n) is 14.0. The number of benzene rings is 2. The molecule has 0 radical (unpaired) electrons. The zero-order chi connectivity index (χ0) is 18.7. The summed E-state index contributed by atoms with van der Waals surface area (Å²) in [6.07, 6.45) is -4.01. The predicted octanol–water partition coefficient (Wildman–Crippen LogP) is 4.25. The molecule has 7 heteroatoms. The van der Waals surface area contributed by atoms with Crippen molar-refractivity contribution < 1.29 is 18.0 Å². The fraction of sp³-hybridized carbons (Fsp3) is 0.316. The largest absolute Gasteiger partial charge is 0.416 e. The number of rotatable bonds is 3. The third kappa shape index (κ3) is 4.49. The maximum Gasteiger partial charge on any atom is 0.416 e. The van der Waals surface area contributed by atoms with Crippen molar-refractivity contribution in [2.24, 2.45) is 0 Å². The van der Waals surface area contributed by atoms with E-state index in [-0.39, 0.29) is 5.91 Å². The number of amides is 1. The average Bonchev–Trinajstić information content (AvgIpc) is 2.63. The van der Waals surface area contributed by atoms with Gasteiger partial charge in [0.25, 0.3) is 0 Å². The van der Waals surface area contributed by atoms with Gasteiger partial charge in [-0.2, -0.15) is 13.2 Å². The highest BCUT2D eigenvalue weighted by molar-refractivity contribution is 6.30. The first kappa shape index (κ1) is 18.6. The van der Waals surface area contributed by atoms with E-state index in [9.17, 15) is 18.0 Å². The number of halogens is 4. The summed E-state index contributed by atoms with van der Waals surface area (Å²) in [7, 11) is 0. The van der Waals surface area contributed by atoms with Crippen LogP contribution >= 0.6 is 11.6 Å². The minimum absolute atomic E-state index is 0.0411. The Hall–Kier alpha value is -2.21. The molecule has 0 saturated carbocycles. The lowest BCUT2D eigenvalue weighted by molar-refractivity contribution is -0.137. The van der Waals surface area contributed by atoms with Gasteiger partial charge in [0.15, 0.2) is 0 Å². The lowest BCUT2D eigenvalue weighted by atomic mass is 10.1. The molecule has 3 nitrogen and oxygen atoms in total. The third-order valence-corrected chi connectivity index (χ3v) is 4.71. The Morgan fingerprint density at radius 2 is 1.50 bits per heavy atom. The van der Waals surface area contributed by atoms with Crippen molar-refractivity contribution >= 4 is 23.2 Å². The number of carbonyl (C=O) groups excluding carboxylic acids is 1. The Balaban J connectivity index is 1.55. The van der Waals surface area contributed by atoms with Crippen LogP contribution in [0.5, 0.6) is 0 Å². The Morgan fingerprint density at radius 3 is 2.04 bits per heavy atom. The number of nitrogens with zero attached hydrogens (tertiary/aromatic N) is 2. The van der Waals surface area contributed by atoms with E-state index in [1.807, 2.05) is 17.0 Å². The van der Waals surface area contributed by atoms with Gasteiger partial charge in [-0.05, 0) is 42.0 Å². The molecule has 2 aromatic rings. The molecular weight excluding hydrogens is 365 g/mol. The van der Waals surface area contributed by atoms with Crippen LogP contribution in [0.4, 0.5) is 18.9 Å². The standard InChI is InChI=1S/C19H18ClF3N2O/c20-16-5-1-14(2-6-16)13-18(26)25-11-9-24(10-12-25)17-7-3-15(4-8-17)19(21,22)23/h1-8H,9-13H2. The lowest BCUT2D eigenvalue weighted by Crippen LogP contribution is -2.49. The second-order valence-electron chi connectivity index (χ2n) is 6.22. The monoisotopic (exact) mass is 382 g/mol. The summed E-state index contributed by atoms with van der Waals surface area (Å²) in [6, 6.07) is 12.3. The van der Waals surface area contributed by atoms with Gasteiger partial charge in [0.1, 0.15) is 0 Å². The van der Waals surface area contributed by atoms with Gasteiger partial charge in [-0.1, -0.05) is 23.7 Å². The maximum atomic E-state index is 12.6. The van der Waals surface area contributed by atoms with Crippen molar-refractivity contribution in [1.82, 2.24) is 4.90 Å². The fourth-order valence-electron chi connectivity index (χ4n) is 2.96. The molecule has 0 aromatic heterocycles. The molecule has 0 N–H and O–H groups in total. The molecule has 1 heterocycles. The van der Waals surface area contributed by atoms with Crippen LogP contribution in [0.1, 0.15) is 11.1 Å². The number of anilines is 1. The highest BCUT2D eigenvalue weighted by Crippen LogP contribution is 2.30. The summed E-state index contributed by atoms with van der Waals surface area (Å²) >= 11 is 5.84. The van der Waals surface area contributed by atoms with Gasteiger partial charge in [0, 0.05) is 36.9 Å². The molecule has 2 aromatic carbocycles. The van der Waals surface area contributed by atoms with E-state index in [0.29, 0.717) is 37.6 Å². The van der Waals surface area contributed by atoms with Crippen molar-refractivity contribution in [2.45, 2.75) is 12.6 Å². The van der Waals surface area contributed by atoms with Crippen molar-refractivity contribution in [1.29, 1.82) is 0 Å². The molecule has 0 spiro atoms. The van der Waals surface area contributed by atoms with Crippen LogP contribution in [0.25, 0.3) is 0 Å². The molecule has 1 aliphatic heterocycles. The minimum Gasteiger partial charge on any atom is -0.368 e. The average molecular weight is 383 g/mol. The fourth-order valence-corrected chi connectivity index (χ4v) is 3.09. The van der Waals surface area contributed by atoms with E-state index >= 15 is 0 Å². The number of hydrogen-bond donors (Lipinski definition) is 0. The minimum atomic E-state index is -4.33. The van der Waals surface area contributed by atoms with E-state index in [1.54, 1.807) is 17.0 Å². The van der Waals surface area contributed by atoms with Crippen molar-refractivity contribution in [3.8, 4) is 0 Å².